The number of piperidine rings is 1. The molecule has 3 fully saturated rings. The van der Waals surface area contributed by atoms with Gasteiger partial charge in [0, 0.05) is 63.6 Å². The topological polar surface area (TPSA) is 88.2 Å². The molecule has 2 atom stereocenters. The van der Waals surface area contributed by atoms with Crippen molar-refractivity contribution in [3.05, 3.63) is 29.3 Å². The van der Waals surface area contributed by atoms with Crippen molar-refractivity contribution >= 4 is 17.5 Å². The van der Waals surface area contributed by atoms with E-state index in [2.05, 4.69) is 26.5 Å². The molecule has 4 aliphatic heterocycles. The Bertz CT molecular complexity index is 804. The highest BCUT2D eigenvalue weighted by Gasteiger charge is 2.39. The number of nitrogens with zero attached hydrogens (tertiary/aromatic N) is 3. The summed E-state index contributed by atoms with van der Waals surface area (Å²) in [5.41, 5.74) is 2.85. The predicted octanol–water partition coefficient (Wildman–Crippen LogP) is -0.419. The van der Waals surface area contributed by atoms with Crippen molar-refractivity contribution in [3.8, 4) is 0 Å². The Morgan fingerprint density at radius 3 is 2.55 bits per heavy atom. The van der Waals surface area contributed by atoms with E-state index in [0.717, 1.165) is 56.4 Å². The molecule has 0 saturated carbocycles. The third kappa shape index (κ3) is 3.60. The highest BCUT2D eigenvalue weighted by atomic mass is 16.3. The Labute approximate surface area is 170 Å². The standard InChI is InChI=1S/C21H29N5O3/c27-19-4-3-18(20(28)23-19)26-13-15-9-16(1-2-17(15)21(26)29)25-7-5-24(6-8-25)12-14-10-22-11-14/h1-2,9,14,18-19,22,27H,3-8,10-13H2,(H,23,28). The molecule has 0 bridgehead atoms. The van der Waals surface area contributed by atoms with E-state index >= 15 is 0 Å². The van der Waals surface area contributed by atoms with E-state index in [1.165, 1.54) is 6.54 Å². The lowest BCUT2D eigenvalue weighted by Gasteiger charge is -2.39. The van der Waals surface area contributed by atoms with Gasteiger partial charge >= 0.3 is 0 Å². The van der Waals surface area contributed by atoms with E-state index in [1.807, 2.05) is 12.1 Å². The van der Waals surface area contributed by atoms with Gasteiger partial charge in [0.05, 0.1) is 0 Å². The molecule has 156 valence electrons. The summed E-state index contributed by atoms with van der Waals surface area (Å²) in [6.45, 7) is 8.09. The molecule has 4 heterocycles. The maximum atomic E-state index is 12.8. The van der Waals surface area contributed by atoms with Crippen LogP contribution in [0.2, 0.25) is 0 Å². The van der Waals surface area contributed by atoms with Gasteiger partial charge in [0.25, 0.3) is 5.91 Å². The van der Waals surface area contributed by atoms with Crippen LogP contribution in [0, 0.1) is 5.92 Å². The van der Waals surface area contributed by atoms with Gasteiger partial charge in [0.15, 0.2) is 0 Å². The van der Waals surface area contributed by atoms with Crippen molar-refractivity contribution in [2.45, 2.75) is 31.7 Å². The number of hydrogen-bond acceptors (Lipinski definition) is 6. The number of anilines is 1. The van der Waals surface area contributed by atoms with Crippen molar-refractivity contribution in [1.29, 1.82) is 0 Å². The molecular formula is C21H29N5O3. The Balaban J connectivity index is 1.24. The summed E-state index contributed by atoms with van der Waals surface area (Å²) >= 11 is 0. The normalized spacial score (nSPS) is 28.3. The first-order valence-electron chi connectivity index (χ1n) is 10.7. The van der Waals surface area contributed by atoms with Gasteiger partial charge in [-0.3, -0.25) is 14.5 Å². The van der Waals surface area contributed by atoms with Crippen LogP contribution in [0.25, 0.3) is 0 Å². The summed E-state index contributed by atoms with van der Waals surface area (Å²) in [6.07, 6.45) is 0.172. The minimum absolute atomic E-state index is 0.0815. The Hall–Kier alpha value is -2.16. The molecule has 3 N–H and O–H groups in total. The zero-order chi connectivity index (χ0) is 20.0. The molecule has 4 aliphatic rings. The highest BCUT2D eigenvalue weighted by molar-refractivity contribution is 6.01. The number of amides is 2. The largest absolute Gasteiger partial charge is 0.374 e. The summed E-state index contributed by atoms with van der Waals surface area (Å²) < 4.78 is 0. The van der Waals surface area contributed by atoms with Crippen LogP contribution in [0.5, 0.6) is 0 Å². The average molecular weight is 399 g/mol. The van der Waals surface area contributed by atoms with Gasteiger partial charge in [-0.25, -0.2) is 0 Å². The van der Waals surface area contributed by atoms with Gasteiger partial charge in [-0.15, -0.1) is 0 Å². The summed E-state index contributed by atoms with van der Waals surface area (Å²) in [7, 11) is 0. The number of fused-ring (bicyclic) bond motifs is 1. The fourth-order valence-corrected chi connectivity index (χ4v) is 4.89. The molecule has 5 rings (SSSR count). The molecule has 0 spiro atoms. The fourth-order valence-electron chi connectivity index (χ4n) is 4.89. The number of carbonyl (C=O) groups excluding carboxylic acids is 2. The van der Waals surface area contributed by atoms with Crippen LogP contribution in [0.3, 0.4) is 0 Å². The molecule has 0 aliphatic carbocycles. The average Bonchev–Trinajstić information content (AvgIpc) is 3.01. The van der Waals surface area contributed by atoms with Crippen LogP contribution in [0.4, 0.5) is 5.69 Å². The summed E-state index contributed by atoms with van der Waals surface area (Å²) in [5, 5.41) is 15.5. The Morgan fingerprint density at radius 1 is 1.07 bits per heavy atom. The van der Waals surface area contributed by atoms with E-state index in [4.69, 9.17) is 0 Å². The van der Waals surface area contributed by atoms with Crippen LogP contribution in [-0.2, 0) is 11.3 Å². The molecule has 29 heavy (non-hydrogen) atoms. The molecule has 2 unspecified atom stereocenters. The molecule has 1 aromatic carbocycles. The fraction of sp³-hybridized carbons (Fsp3) is 0.619. The van der Waals surface area contributed by atoms with E-state index in [9.17, 15) is 14.7 Å². The van der Waals surface area contributed by atoms with Crippen LogP contribution >= 0.6 is 0 Å². The molecule has 8 nitrogen and oxygen atoms in total. The predicted molar refractivity (Wildman–Crippen MR) is 108 cm³/mol. The van der Waals surface area contributed by atoms with Crippen LogP contribution in [0.15, 0.2) is 18.2 Å². The van der Waals surface area contributed by atoms with Gasteiger partial charge in [0.2, 0.25) is 5.91 Å². The Kier molecular flexibility index (Phi) is 4.93. The lowest BCUT2D eigenvalue weighted by atomic mass is 10.0. The highest BCUT2D eigenvalue weighted by Crippen LogP contribution is 2.31. The molecule has 2 amide bonds. The van der Waals surface area contributed by atoms with E-state index in [0.29, 0.717) is 24.9 Å². The minimum Gasteiger partial charge on any atom is -0.374 e. The van der Waals surface area contributed by atoms with Crippen molar-refractivity contribution in [2.75, 3.05) is 50.7 Å². The molecule has 8 heteroatoms. The van der Waals surface area contributed by atoms with Crippen LogP contribution in [-0.4, -0.2) is 84.8 Å². The van der Waals surface area contributed by atoms with Crippen molar-refractivity contribution in [1.82, 2.24) is 20.4 Å². The number of aliphatic hydroxyl groups is 1. The number of nitrogens with one attached hydrogen (secondary N) is 2. The smallest absolute Gasteiger partial charge is 0.255 e. The summed E-state index contributed by atoms with van der Waals surface area (Å²) in [6, 6.07) is 5.58. The molecule has 0 aromatic heterocycles. The van der Waals surface area contributed by atoms with Crippen molar-refractivity contribution in [2.24, 2.45) is 5.92 Å². The SMILES string of the molecule is O=C1NC(O)CCC1N1Cc2cc(N3CCN(CC4CNC4)CC3)ccc2C1=O. The number of benzene rings is 1. The first-order chi connectivity index (χ1) is 14.1. The second kappa shape index (κ2) is 7.59. The van der Waals surface area contributed by atoms with Gasteiger partial charge < -0.3 is 25.5 Å². The van der Waals surface area contributed by atoms with Crippen molar-refractivity contribution in [3.63, 3.8) is 0 Å². The lowest BCUT2D eigenvalue weighted by molar-refractivity contribution is -0.132. The maximum Gasteiger partial charge on any atom is 0.255 e. The second-order valence-corrected chi connectivity index (χ2v) is 8.70. The molecular weight excluding hydrogens is 370 g/mol. The zero-order valence-corrected chi connectivity index (χ0v) is 16.6. The van der Waals surface area contributed by atoms with Gasteiger partial charge in [-0.05, 0) is 42.5 Å². The number of aliphatic hydroxyl groups excluding tert-OH is 1. The monoisotopic (exact) mass is 399 g/mol. The van der Waals surface area contributed by atoms with E-state index < -0.39 is 12.3 Å². The molecule has 1 aromatic rings. The quantitative estimate of drug-likeness (QED) is 0.638. The van der Waals surface area contributed by atoms with Gasteiger partial charge in [-0.1, -0.05) is 0 Å². The maximum absolute atomic E-state index is 12.8. The number of hydrogen-bond donors (Lipinski definition) is 3. The van der Waals surface area contributed by atoms with Crippen molar-refractivity contribution < 1.29 is 14.7 Å². The lowest BCUT2D eigenvalue weighted by Crippen LogP contribution is -2.54. The first kappa shape index (κ1) is 18.8. The number of rotatable bonds is 4. The first-order valence-corrected chi connectivity index (χ1v) is 10.7. The number of piperazine rings is 1. The van der Waals surface area contributed by atoms with Crippen LogP contribution < -0.4 is 15.5 Å². The number of carbonyl (C=O) groups is 2. The summed E-state index contributed by atoms with van der Waals surface area (Å²) in [5.74, 6) is 0.460. The minimum atomic E-state index is -0.801. The second-order valence-electron chi connectivity index (χ2n) is 8.70. The molecule has 3 saturated heterocycles. The third-order valence-corrected chi connectivity index (χ3v) is 6.74. The van der Waals surface area contributed by atoms with Gasteiger partial charge in [-0.2, -0.15) is 0 Å². The zero-order valence-electron chi connectivity index (χ0n) is 16.6. The van der Waals surface area contributed by atoms with Crippen LogP contribution in [0.1, 0.15) is 28.8 Å². The summed E-state index contributed by atoms with van der Waals surface area (Å²) in [4.78, 5) is 31.7. The van der Waals surface area contributed by atoms with E-state index in [1.54, 1.807) is 4.90 Å². The third-order valence-electron chi connectivity index (χ3n) is 6.74. The van der Waals surface area contributed by atoms with Gasteiger partial charge in [0.1, 0.15) is 12.3 Å². The Morgan fingerprint density at radius 2 is 1.86 bits per heavy atom. The van der Waals surface area contributed by atoms with E-state index in [-0.39, 0.29) is 11.8 Å². The molecule has 0 radical (unpaired) electrons.